The van der Waals surface area contributed by atoms with E-state index in [-0.39, 0.29) is 0 Å². The van der Waals surface area contributed by atoms with Crippen LogP contribution in [0, 0.1) is 13.8 Å². The molecule has 254 valence electrons. The lowest BCUT2D eigenvalue weighted by Crippen LogP contribution is -1.97. The number of fused-ring (bicyclic) bond motifs is 6. The molecule has 0 fully saturated rings. The minimum Gasteiger partial charge on any atom is -0.455 e. The Morgan fingerprint density at radius 1 is 0.604 bits per heavy atom. The summed E-state index contributed by atoms with van der Waals surface area (Å²) in [5.41, 5.74) is 15.1. The maximum atomic E-state index is 6.59. The van der Waals surface area contributed by atoms with Crippen LogP contribution in [0.5, 0.6) is 0 Å². The Balaban J connectivity index is 1.17. The molecule has 0 saturated carbocycles. The number of aliphatic imine (C=N–C) groups is 2. The Labute approximate surface area is 308 Å². The molecule has 0 unspecified atom stereocenters. The van der Waals surface area contributed by atoms with E-state index in [1.807, 2.05) is 43.3 Å². The molecular formula is C49H37N3O. The number of rotatable bonds is 6. The van der Waals surface area contributed by atoms with Gasteiger partial charge in [-0.05, 0) is 109 Å². The van der Waals surface area contributed by atoms with Gasteiger partial charge in [-0.15, -0.1) is 0 Å². The maximum Gasteiger partial charge on any atom is 0.159 e. The van der Waals surface area contributed by atoms with Gasteiger partial charge in [-0.1, -0.05) is 109 Å². The quantitative estimate of drug-likeness (QED) is 0.127. The molecule has 4 heteroatoms. The molecule has 0 saturated heterocycles. The zero-order valence-electron chi connectivity index (χ0n) is 30.0. The summed E-state index contributed by atoms with van der Waals surface area (Å²) in [7, 11) is 0. The Morgan fingerprint density at radius 3 is 2.15 bits per heavy atom. The largest absolute Gasteiger partial charge is 0.455 e. The van der Waals surface area contributed by atoms with E-state index in [1.54, 1.807) is 0 Å². The molecule has 0 aliphatic rings. The SMILES string of the molecule is C=NC(=N/C(=C\C)c1cccc2c1oc1ccc(-n3c4ccccc4c4cc(-c5ccc(C)c(-c6ccccc6C)c5)ccc43)cc12)c1ccccc1. The summed E-state index contributed by atoms with van der Waals surface area (Å²) >= 11 is 0. The predicted molar refractivity (Wildman–Crippen MR) is 225 cm³/mol. The molecule has 0 spiro atoms. The molecular weight excluding hydrogens is 647 g/mol. The van der Waals surface area contributed by atoms with E-state index in [2.05, 4.69) is 151 Å². The smallest absolute Gasteiger partial charge is 0.159 e. The third kappa shape index (κ3) is 5.47. The lowest BCUT2D eigenvalue weighted by molar-refractivity contribution is 0.667. The number of aromatic nitrogens is 1. The van der Waals surface area contributed by atoms with Gasteiger partial charge in [0.05, 0.1) is 16.7 Å². The third-order valence-corrected chi connectivity index (χ3v) is 10.4. The number of benzene rings is 7. The van der Waals surface area contributed by atoms with Crippen molar-refractivity contribution in [3.8, 4) is 27.9 Å². The van der Waals surface area contributed by atoms with Gasteiger partial charge in [0.25, 0.3) is 0 Å². The van der Waals surface area contributed by atoms with E-state index in [0.717, 1.165) is 55.5 Å². The molecule has 2 aromatic heterocycles. The molecule has 0 amide bonds. The van der Waals surface area contributed by atoms with E-state index in [4.69, 9.17) is 9.41 Å². The number of amidine groups is 1. The molecule has 0 N–H and O–H groups in total. The van der Waals surface area contributed by atoms with Crippen LogP contribution < -0.4 is 0 Å². The molecule has 9 rings (SSSR count). The summed E-state index contributed by atoms with van der Waals surface area (Å²) in [6, 6.07) is 53.6. The van der Waals surface area contributed by atoms with Gasteiger partial charge in [0.2, 0.25) is 0 Å². The van der Waals surface area contributed by atoms with E-state index in [9.17, 15) is 0 Å². The van der Waals surface area contributed by atoms with Crippen LogP contribution in [0.1, 0.15) is 29.2 Å². The number of allylic oxidation sites excluding steroid dienone is 1. The van der Waals surface area contributed by atoms with Crippen molar-refractivity contribution in [1.82, 2.24) is 4.57 Å². The zero-order chi connectivity index (χ0) is 36.1. The van der Waals surface area contributed by atoms with Crippen molar-refractivity contribution < 1.29 is 4.42 Å². The second-order valence-electron chi connectivity index (χ2n) is 13.5. The van der Waals surface area contributed by atoms with Crippen LogP contribution in [0.2, 0.25) is 0 Å². The van der Waals surface area contributed by atoms with Gasteiger partial charge in [-0.2, -0.15) is 0 Å². The van der Waals surface area contributed by atoms with Crippen LogP contribution in [-0.4, -0.2) is 17.1 Å². The molecule has 7 aromatic carbocycles. The predicted octanol–water partition coefficient (Wildman–Crippen LogP) is 13.1. The lowest BCUT2D eigenvalue weighted by atomic mass is 9.92. The average molecular weight is 684 g/mol. The van der Waals surface area contributed by atoms with Gasteiger partial charge in [-0.3, -0.25) is 0 Å². The minimum absolute atomic E-state index is 0.567. The van der Waals surface area contributed by atoms with Crippen LogP contribution >= 0.6 is 0 Å². The highest BCUT2D eigenvalue weighted by atomic mass is 16.3. The highest BCUT2D eigenvalue weighted by Gasteiger charge is 2.18. The van der Waals surface area contributed by atoms with Crippen molar-refractivity contribution in [3.05, 3.63) is 180 Å². The standard InChI is InChI=1S/C49H37N3O/c1-5-44(51-49(50-4)33-15-7-6-8-16-33)40-20-13-19-39-43-30-36(25-27-47(43)53-48(39)40)52-45-21-12-11-18-38(45)42-29-35(24-26-46(42)52)34-23-22-32(3)41(28-34)37-17-10-9-14-31(37)2/h5-30H,4H2,1-3H3/b44-5-,51-49?. The van der Waals surface area contributed by atoms with Crippen LogP contribution in [0.4, 0.5) is 0 Å². The second kappa shape index (κ2) is 13.1. The first kappa shape index (κ1) is 32.1. The van der Waals surface area contributed by atoms with Crippen LogP contribution in [0.15, 0.2) is 172 Å². The fourth-order valence-electron chi connectivity index (χ4n) is 7.70. The first-order valence-corrected chi connectivity index (χ1v) is 18.0. The highest BCUT2D eigenvalue weighted by molar-refractivity contribution is 6.13. The fraction of sp³-hybridized carbons (Fsp3) is 0.0612. The van der Waals surface area contributed by atoms with Crippen molar-refractivity contribution >= 4 is 62.0 Å². The third-order valence-electron chi connectivity index (χ3n) is 10.4. The van der Waals surface area contributed by atoms with Gasteiger partial charge in [0, 0.05) is 38.4 Å². The summed E-state index contributed by atoms with van der Waals surface area (Å²) in [6.45, 7) is 10.2. The van der Waals surface area contributed by atoms with Crippen molar-refractivity contribution in [3.63, 3.8) is 0 Å². The van der Waals surface area contributed by atoms with Gasteiger partial charge >= 0.3 is 0 Å². The van der Waals surface area contributed by atoms with Crippen molar-refractivity contribution in [2.24, 2.45) is 9.98 Å². The normalized spacial score (nSPS) is 12.4. The summed E-state index contributed by atoms with van der Waals surface area (Å²) in [4.78, 5) is 9.20. The molecule has 53 heavy (non-hydrogen) atoms. The monoisotopic (exact) mass is 683 g/mol. The summed E-state index contributed by atoms with van der Waals surface area (Å²) in [6.07, 6.45) is 1.99. The van der Waals surface area contributed by atoms with Gasteiger partial charge in [0.15, 0.2) is 5.84 Å². The fourth-order valence-corrected chi connectivity index (χ4v) is 7.70. The van der Waals surface area contributed by atoms with E-state index < -0.39 is 0 Å². The zero-order valence-corrected chi connectivity index (χ0v) is 30.0. The Morgan fingerprint density at radius 2 is 1.32 bits per heavy atom. The Bertz CT molecular complexity index is 2940. The van der Waals surface area contributed by atoms with E-state index >= 15 is 0 Å². The number of hydrogen-bond donors (Lipinski definition) is 0. The molecule has 0 aliphatic heterocycles. The van der Waals surface area contributed by atoms with E-state index in [1.165, 1.54) is 44.2 Å². The molecule has 9 aromatic rings. The molecule has 0 radical (unpaired) electrons. The van der Waals surface area contributed by atoms with Gasteiger partial charge < -0.3 is 8.98 Å². The molecule has 0 aliphatic carbocycles. The maximum absolute atomic E-state index is 6.59. The first-order chi connectivity index (χ1) is 26.0. The number of aryl methyl sites for hydroxylation is 2. The average Bonchev–Trinajstić information content (AvgIpc) is 3.74. The summed E-state index contributed by atoms with van der Waals surface area (Å²) in [5, 5.41) is 4.52. The number of para-hydroxylation sites is 2. The van der Waals surface area contributed by atoms with E-state index in [0.29, 0.717) is 5.84 Å². The molecule has 0 bridgehead atoms. The molecule has 0 atom stereocenters. The number of hydrogen-bond acceptors (Lipinski definition) is 2. The summed E-state index contributed by atoms with van der Waals surface area (Å²) < 4.78 is 8.96. The summed E-state index contributed by atoms with van der Waals surface area (Å²) in [5.74, 6) is 0.567. The highest BCUT2D eigenvalue weighted by Crippen LogP contribution is 2.39. The number of nitrogens with zero attached hydrogens (tertiary/aromatic N) is 3. The van der Waals surface area contributed by atoms with Crippen molar-refractivity contribution in [2.75, 3.05) is 0 Å². The minimum atomic E-state index is 0.567. The Kier molecular flexibility index (Phi) is 7.93. The second-order valence-corrected chi connectivity index (χ2v) is 13.5. The molecule has 4 nitrogen and oxygen atoms in total. The topological polar surface area (TPSA) is 42.8 Å². The van der Waals surface area contributed by atoms with Crippen LogP contribution in [-0.2, 0) is 0 Å². The lowest BCUT2D eigenvalue weighted by Gasteiger charge is -2.12. The number of furan rings is 1. The Hall–Kier alpha value is -6.78. The van der Waals surface area contributed by atoms with Crippen LogP contribution in [0.25, 0.3) is 77.4 Å². The first-order valence-electron chi connectivity index (χ1n) is 18.0. The molecule has 2 heterocycles. The van der Waals surface area contributed by atoms with Crippen molar-refractivity contribution in [1.29, 1.82) is 0 Å². The van der Waals surface area contributed by atoms with Crippen LogP contribution in [0.3, 0.4) is 0 Å². The van der Waals surface area contributed by atoms with Gasteiger partial charge in [0.1, 0.15) is 11.2 Å². The van der Waals surface area contributed by atoms with Gasteiger partial charge in [-0.25, -0.2) is 9.98 Å². The van der Waals surface area contributed by atoms with Crippen molar-refractivity contribution in [2.45, 2.75) is 20.8 Å².